The van der Waals surface area contributed by atoms with Gasteiger partial charge in [0.25, 0.3) is 0 Å². The molecule has 0 amide bonds. The van der Waals surface area contributed by atoms with Crippen LogP contribution in [0, 0.1) is 0 Å². The van der Waals surface area contributed by atoms with E-state index in [1.165, 1.54) is 6.07 Å². The third-order valence-electron chi connectivity index (χ3n) is 2.15. The minimum absolute atomic E-state index is 0.0862. The predicted molar refractivity (Wildman–Crippen MR) is 56.4 cm³/mol. The van der Waals surface area contributed by atoms with Crippen LogP contribution in [0.2, 0.25) is 0 Å². The normalized spacial score (nSPS) is 11.8. The van der Waals surface area contributed by atoms with E-state index in [0.717, 1.165) is 5.39 Å². The zero-order chi connectivity index (χ0) is 10.9. The average Bonchev–Trinajstić information content (AvgIpc) is 2.28. The zero-order valence-corrected chi connectivity index (χ0v) is 8.57. The topological polar surface area (TPSA) is 69.4 Å². The third-order valence-corrected chi connectivity index (χ3v) is 3.29. The van der Waals surface area contributed by atoms with Crippen molar-refractivity contribution in [1.29, 1.82) is 0 Å². The highest BCUT2D eigenvalue weighted by molar-refractivity contribution is 7.87. The summed E-state index contributed by atoms with van der Waals surface area (Å²) in [5, 5.41) is 1.43. The third kappa shape index (κ3) is 1.72. The Labute approximate surface area is 87.4 Å². The van der Waals surface area contributed by atoms with Crippen molar-refractivity contribution in [2.75, 3.05) is 0 Å². The van der Waals surface area contributed by atoms with E-state index in [0.29, 0.717) is 5.39 Å². The van der Waals surface area contributed by atoms with Gasteiger partial charge in [-0.15, -0.1) is 0 Å². The van der Waals surface area contributed by atoms with Crippen LogP contribution < -0.4 is 5.90 Å². The van der Waals surface area contributed by atoms with Gasteiger partial charge in [0.05, 0.1) is 0 Å². The minimum atomic E-state index is -3.85. The summed E-state index contributed by atoms with van der Waals surface area (Å²) < 4.78 is 26.9. The second-order valence-electron chi connectivity index (χ2n) is 3.03. The second kappa shape index (κ2) is 3.62. The van der Waals surface area contributed by atoms with Crippen LogP contribution in [0.4, 0.5) is 0 Å². The smallest absolute Gasteiger partial charge is 0.197 e. The van der Waals surface area contributed by atoms with Crippen LogP contribution >= 0.6 is 0 Å². The van der Waals surface area contributed by atoms with Gasteiger partial charge < -0.3 is 0 Å². The van der Waals surface area contributed by atoms with Crippen molar-refractivity contribution in [3.05, 3.63) is 42.5 Å². The van der Waals surface area contributed by atoms with E-state index in [2.05, 4.69) is 4.28 Å². The SMILES string of the molecule is NOS(=O)(=O)c1cccc2ccccc12. The van der Waals surface area contributed by atoms with Gasteiger partial charge in [-0.25, -0.2) is 0 Å². The fraction of sp³-hybridized carbons (Fsp3) is 0. The molecule has 0 atom stereocenters. The summed E-state index contributed by atoms with van der Waals surface area (Å²) >= 11 is 0. The van der Waals surface area contributed by atoms with E-state index < -0.39 is 10.1 Å². The number of rotatable bonds is 2. The van der Waals surface area contributed by atoms with Crippen molar-refractivity contribution >= 4 is 20.9 Å². The Balaban J connectivity index is 2.83. The summed E-state index contributed by atoms with van der Waals surface area (Å²) in [4.78, 5) is 0.0862. The maximum atomic E-state index is 11.5. The molecule has 0 unspecified atom stereocenters. The van der Waals surface area contributed by atoms with Gasteiger partial charge in [0, 0.05) is 5.39 Å². The van der Waals surface area contributed by atoms with Crippen molar-refractivity contribution in [2.45, 2.75) is 4.90 Å². The molecule has 2 rings (SSSR count). The molecular weight excluding hydrogens is 214 g/mol. The van der Waals surface area contributed by atoms with Gasteiger partial charge in [-0.3, -0.25) is 0 Å². The molecule has 0 aliphatic heterocycles. The molecular formula is C10H9NO3S. The molecule has 0 radical (unpaired) electrons. The number of hydrogen-bond donors (Lipinski definition) is 1. The van der Waals surface area contributed by atoms with Crippen molar-refractivity contribution in [1.82, 2.24) is 0 Å². The van der Waals surface area contributed by atoms with Crippen molar-refractivity contribution < 1.29 is 12.7 Å². The lowest BCUT2D eigenvalue weighted by molar-refractivity contribution is 0.333. The Morgan fingerprint density at radius 3 is 2.40 bits per heavy atom. The van der Waals surface area contributed by atoms with Crippen LogP contribution in [-0.4, -0.2) is 8.42 Å². The maximum Gasteiger partial charge on any atom is 0.313 e. The number of benzene rings is 2. The summed E-state index contributed by atoms with van der Waals surface area (Å²) in [5.41, 5.74) is 0. The molecule has 5 heteroatoms. The van der Waals surface area contributed by atoms with Gasteiger partial charge in [0.15, 0.2) is 0 Å². The molecule has 0 spiro atoms. The summed E-state index contributed by atoms with van der Waals surface area (Å²) in [6.07, 6.45) is 0. The highest BCUT2D eigenvalue weighted by atomic mass is 32.2. The molecule has 0 saturated carbocycles. The standard InChI is InChI=1S/C10H9NO3S/c11-14-15(12,13)10-7-3-5-8-4-1-2-6-9(8)10/h1-7H,11H2. The van der Waals surface area contributed by atoms with E-state index in [1.54, 1.807) is 18.2 Å². The Morgan fingerprint density at radius 2 is 1.67 bits per heavy atom. The lowest BCUT2D eigenvalue weighted by Gasteiger charge is -2.04. The largest absolute Gasteiger partial charge is 0.313 e. The molecule has 2 aromatic carbocycles. The fourth-order valence-electron chi connectivity index (χ4n) is 1.47. The first-order valence-electron chi connectivity index (χ1n) is 4.26. The monoisotopic (exact) mass is 223 g/mol. The van der Waals surface area contributed by atoms with Crippen LogP contribution in [0.5, 0.6) is 0 Å². The Morgan fingerprint density at radius 1 is 1.00 bits per heavy atom. The average molecular weight is 223 g/mol. The number of fused-ring (bicyclic) bond motifs is 1. The van der Waals surface area contributed by atoms with Crippen molar-refractivity contribution in [2.24, 2.45) is 5.90 Å². The Kier molecular flexibility index (Phi) is 2.44. The maximum absolute atomic E-state index is 11.5. The molecule has 0 fully saturated rings. The first-order chi connectivity index (χ1) is 7.15. The molecule has 4 nitrogen and oxygen atoms in total. The lowest BCUT2D eigenvalue weighted by atomic mass is 10.1. The van der Waals surface area contributed by atoms with E-state index in [4.69, 9.17) is 5.90 Å². The second-order valence-corrected chi connectivity index (χ2v) is 4.57. The van der Waals surface area contributed by atoms with E-state index in [-0.39, 0.29) is 4.90 Å². The molecule has 78 valence electrons. The lowest BCUT2D eigenvalue weighted by Crippen LogP contribution is -2.11. The van der Waals surface area contributed by atoms with Gasteiger partial charge in [-0.05, 0) is 11.5 Å². The highest BCUT2D eigenvalue weighted by Crippen LogP contribution is 2.23. The molecule has 0 aromatic heterocycles. The molecule has 0 aliphatic rings. The highest BCUT2D eigenvalue weighted by Gasteiger charge is 2.16. The van der Waals surface area contributed by atoms with Gasteiger partial charge in [0.1, 0.15) is 4.90 Å². The van der Waals surface area contributed by atoms with Gasteiger partial charge in [-0.1, -0.05) is 36.4 Å². The van der Waals surface area contributed by atoms with Crippen LogP contribution in [0.3, 0.4) is 0 Å². The fourth-order valence-corrected chi connectivity index (χ4v) is 2.27. The summed E-state index contributed by atoms with van der Waals surface area (Å²) in [6, 6.07) is 12.1. The predicted octanol–water partition coefficient (Wildman–Crippen LogP) is 1.42. The van der Waals surface area contributed by atoms with Crippen LogP contribution in [0.25, 0.3) is 10.8 Å². The van der Waals surface area contributed by atoms with Gasteiger partial charge in [0.2, 0.25) is 0 Å². The summed E-state index contributed by atoms with van der Waals surface area (Å²) in [7, 11) is -3.85. The summed E-state index contributed by atoms with van der Waals surface area (Å²) in [5.74, 6) is 4.74. The molecule has 0 saturated heterocycles. The van der Waals surface area contributed by atoms with Gasteiger partial charge >= 0.3 is 10.1 Å². The quantitative estimate of drug-likeness (QED) is 0.782. The zero-order valence-electron chi connectivity index (χ0n) is 7.75. The van der Waals surface area contributed by atoms with Crippen LogP contribution in [0.15, 0.2) is 47.4 Å². The Bertz CT molecular complexity index is 587. The van der Waals surface area contributed by atoms with Crippen molar-refractivity contribution in [3.63, 3.8) is 0 Å². The van der Waals surface area contributed by atoms with Crippen LogP contribution in [0.1, 0.15) is 0 Å². The number of nitrogens with two attached hydrogens (primary N) is 1. The van der Waals surface area contributed by atoms with Gasteiger partial charge in [-0.2, -0.15) is 18.6 Å². The molecule has 2 aromatic rings. The molecule has 15 heavy (non-hydrogen) atoms. The van der Waals surface area contributed by atoms with E-state index in [1.807, 2.05) is 18.2 Å². The first-order valence-corrected chi connectivity index (χ1v) is 5.67. The molecule has 0 bridgehead atoms. The molecule has 2 N–H and O–H groups in total. The first kappa shape index (κ1) is 10.1. The molecule has 0 aliphatic carbocycles. The minimum Gasteiger partial charge on any atom is -0.197 e. The number of hydrogen-bond acceptors (Lipinski definition) is 4. The van der Waals surface area contributed by atoms with E-state index >= 15 is 0 Å². The van der Waals surface area contributed by atoms with Crippen LogP contribution in [-0.2, 0) is 14.4 Å². The Hall–Kier alpha value is -1.43. The van der Waals surface area contributed by atoms with Crippen molar-refractivity contribution in [3.8, 4) is 0 Å². The molecule has 0 heterocycles. The van der Waals surface area contributed by atoms with E-state index in [9.17, 15) is 8.42 Å². The summed E-state index contributed by atoms with van der Waals surface area (Å²) in [6.45, 7) is 0.